The minimum Gasteiger partial charge on any atom is -0.504 e. The zero-order valence-electron chi connectivity index (χ0n) is 14.0. The average molecular weight is 346 g/mol. The molecule has 0 bridgehead atoms. The van der Waals surface area contributed by atoms with Crippen LogP contribution < -0.4 is 5.32 Å². The van der Waals surface area contributed by atoms with Gasteiger partial charge in [0.15, 0.2) is 11.5 Å². The highest BCUT2D eigenvalue weighted by atomic mass is 16.3. The molecule has 3 N–H and O–H groups in total. The zero-order valence-corrected chi connectivity index (χ0v) is 14.0. The Morgan fingerprint density at radius 1 is 0.885 bits per heavy atom. The van der Waals surface area contributed by atoms with Gasteiger partial charge in [-0.2, -0.15) is 0 Å². The van der Waals surface area contributed by atoms with E-state index < -0.39 is 6.17 Å². The molecule has 1 heterocycles. The van der Waals surface area contributed by atoms with Gasteiger partial charge in [0.2, 0.25) is 0 Å². The van der Waals surface area contributed by atoms with Crippen LogP contribution in [0.15, 0.2) is 72.8 Å². The second-order valence-corrected chi connectivity index (χ2v) is 6.26. The Bertz CT molecular complexity index is 956. The highest BCUT2D eigenvalue weighted by Crippen LogP contribution is 2.36. The first-order chi connectivity index (χ1) is 12.6. The standard InChI is InChI=1S/C21H18N2O3/c24-18-11-10-15(12-19(18)25)20-22-17-9-5-4-8-16(17)21(26)23(20)13-14-6-2-1-3-7-14/h1-12,20,22,24-25H,13H2. The van der Waals surface area contributed by atoms with Crippen LogP contribution in [0.25, 0.3) is 0 Å². The van der Waals surface area contributed by atoms with Crippen molar-refractivity contribution in [2.24, 2.45) is 0 Å². The lowest BCUT2D eigenvalue weighted by atomic mass is 10.0. The Morgan fingerprint density at radius 2 is 1.62 bits per heavy atom. The van der Waals surface area contributed by atoms with Gasteiger partial charge in [0.25, 0.3) is 5.91 Å². The van der Waals surface area contributed by atoms with Gasteiger partial charge in [-0.25, -0.2) is 0 Å². The largest absolute Gasteiger partial charge is 0.504 e. The minimum absolute atomic E-state index is 0.0826. The summed E-state index contributed by atoms with van der Waals surface area (Å²) in [5.41, 5.74) is 3.07. The van der Waals surface area contributed by atoms with E-state index in [1.54, 1.807) is 17.0 Å². The molecule has 0 saturated heterocycles. The first-order valence-corrected chi connectivity index (χ1v) is 8.36. The molecule has 1 unspecified atom stereocenters. The number of phenols is 2. The van der Waals surface area contributed by atoms with E-state index in [9.17, 15) is 15.0 Å². The molecule has 5 heteroatoms. The van der Waals surface area contributed by atoms with E-state index in [0.29, 0.717) is 17.7 Å². The molecule has 26 heavy (non-hydrogen) atoms. The summed E-state index contributed by atoms with van der Waals surface area (Å²) in [7, 11) is 0. The number of phenolic OH excluding ortho intramolecular Hbond substituents is 2. The van der Waals surface area contributed by atoms with Gasteiger partial charge in [0.1, 0.15) is 6.17 Å². The Labute approximate surface area is 151 Å². The lowest BCUT2D eigenvalue weighted by Gasteiger charge is -2.38. The number of fused-ring (bicyclic) bond motifs is 1. The summed E-state index contributed by atoms with van der Waals surface area (Å²) in [5, 5.41) is 22.9. The molecule has 0 saturated carbocycles. The van der Waals surface area contributed by atoms with Gasteiger partial charge >= 0.3 is 0 Å². The third kappa shape index (κ3) is 2.84. The van der Waals surface area contributed by atoms with Crippen LogP contribution in [0.2, 0.25) is 0 Å². The molecule has 0 spiro atoms. The molecule has 1 aliphatic heterocycles. The van der Waals surface area contributed by atoms with E-state index in [1.165, 1.54) is 12.1 Å². The topological polar surface area (TPSA) is 72.8 Å². The Hall–Kier alpha value is -3.47. The van der Waals surface area contributed by atoms with Gasteiger partial charge in [0.05, 0.1) is 5.56 Å². The summed E-state index contributed by atoms with van der Waals surface area (Å²) < 4.78 is 0. The molecule has 3 aromatic rings. The number of aromatic hydroxyl groups is 2. The fraction of sp³-hybridized carbons (Fsp3) is 0.0952. The monoisotopic (exact) mass is 346 g/mol. The first kappa shape index (κ1) is 16.0. The lowest BCUT2D eigenvalue weighted by Crippen LogP contribution is -2.42. The van der Waals surface area contributed by atoms with Gasteiger partial charge in [-0.15, -0.1) is 0 Å². The van der Waals surface area contributed by atoms with Crippen LogP contribution >= 0.6 is 0 Å². The van der Waals surface area contributed by atoms with Gasteiger partial charge in [-0.1, -0.05) is 48.5 Å². The number of amides is 1. The highest BCUT2D eigenvalue weighted by molar-refractivity contribution is 6.01. The van der Waals surface area contributed by atoms with Crippen molar-refractivity contribution in [3.63, 3.8) is 0 Å². The number of carbonyl (C=O) groups excluding carboxylic acids is 1. The third-order valence-corrected chi connectivity index (χ3v) is 4.53. The van der Waals surface area contributed by atoms with Crippen molar-refractivity contribution < 1.29 is 15.0 Å². The predicted octanol–water partition coefficient (Wildman–Crippen LogP) is 3.86. The van der Waals surface area contributed by atoms with Gasteiger partial charge in [-0.3, -0.25) is 4.79 Å². The van der Waals surface area contributed by atoms with Crippen LogP contribution in [0.5, 0.6) is 11.5 Å². The molecule has 0 fully saturated rings. The maximum atomic E-state index is 13.1. The van der Waals surface area contributed by atoms with Crippen LogP contribution in [0, 0.1) is 0 Å². The van der Waals surface area contributed by atoms with Crippen LogP contribution in [0.4, 0.5) is 5.69 Å². The SMILES string of the molecule is O=C1c2ccccc2NC(c2ccc(O)c(O)c2)N1Cc1ccccc1. The first-order valence-electron chi connectivity index (χ1n) is 8.36. The second-order valence-electron chi connectivity index (χ2n) is 6.26. The quantitative estimate of drug-likeness (QED) is 0.630. The maximum absolute atomic E-state index is 13.1. The molecular weight excluding hydrogens is 328 g/mol. The fourth-order valence-corrected chi connectivity index (χ4v) is 3.21. The molecular formula is C21H18N2O3. The summed E-state index contributed by atoms with van der Waals surface area (Å²) in [4.78, 5) is 14.9. The molecule has 0 radical (unpaired) electrons. The average Bonchev–Trinajstić information content (AvgIpc) is 2.67. The Balaban J connectivity index is 1.77. The van der Waals surface area contributed by atoms with Crippen molar-refractivity contribution in [1.29, 1.82) is 0 Å². The zero-order chi connectivity index (χ0) is 18.1. The number of nitrogens with one attached hydrogen (secondary N) is 1. The molecule has 0 aliphatic carbocycles. The number of hydrogen-bond acceptors (Lipinski definition) is 4. The van der Waals surface area contributed by atoms with Gasteiger partial charge in [0, 0.05) is 12.2 Å². The Kier molecular flexibility index (Phi) is 3.97. The van der Waals surface area contributed by atoms with Crippen molar-refractivity contribution in [3.05, 3.63) is 89.5 Å². The summed E-state index contributed by atoms with van der Waals surface area (Å²) in [6, 6.07) is 21.7. The summed E-state index contributed by atoms with van der Waals surface area (Å²) in [6.07, 6.45) is -0.455. The number of anilines is 1. The number of rotatable bonds is 3. The summed E-state index contributed by atoms with van der Waals surface area (Å²) in [6.45, 7) is 0.424. The number of para-hydroxylation sites is 1. The van der Waals surface area contributed by atoms with Crippen molar-refractivity contribution in [2.75, 3.05) is 5.32 Å². The van der Waals surface area contributed by atoms with Crippen molar-refractivity contribution >= 4 is 11.6 Å². The van der Waals surface area contributed by atoms with E-state index in [-0.39, 0.29) is 17.4 Å². The molecule has 1 aliphatic rings. The van der Waals surface area contributed by atoms with E-state index >= 15 is 0 Å². The molecule has 0 aromatic heterocycles. The predicted molar refractivity (Wildman–Crippen MR) is 98.9 cm³/mol. The number of benzene rings is 3. The molecule has 5 nitrogen and oxygen atoms in total. The number of hydrogen-bond donors (Lipinski definition) is 3. The van der Waals surface area contributed by atoms with Crippen LogP contribution in [-0.2, 0) is 6.54 Å². The van der Waals surface area contributed by atoms with E-state index in [4.69, 9.17) is 0 Å². The van der Waals surface area contributed by atoms with Gasteiger partial charge in [-0.05, 0) is 35.4 Å². The molecule has 4 rings (SSSR count). The van der Waals surface area contributed by atoms with E-state index in [2.05, 4.69) is 5.32 Å². The lowest BCUT2D eigenvalue weighted by molar-refractivity contribution is 0.0666. The molecule has 1 amide bonds. The molecule has 3 aromatic carbocycles. The number of nitrogens with zero attached hydrogens (tertiary/aromatic N) is 1. The Morgan fingerprint density at radius 3 is 2.38 bits per heavy atom. The minimum atomic E-state index is -0.455. The van der Waals surface area contributed by atoms with E-state index in [1.807, 2.05) is 48.5 Å². The smallest absolute Gasteiger partial charge is 0.258 e. The van der Waals surface area contributed by atoms with Crippen molar-refractivity contribution in [3.8, 4) is 11.5 Å². The normalized spacial score (nSPS) is 16.1. The van der Waals surface area contributed by atoms with Crippen LogP contribution in [0.1, 0.15) is 27.7 Å². The fourth-order valence-electron chi connectivity index (χ4n) is 3.21. The summed E-state index contributed by atoms with van der Waals surface area (Å²) >= 11 is 0. The van der Waals surface area contributed by atoms with Crippen LogP contribution in [0.3, 0.4) is 0 Å². The second kappa shape index (κ2) is 6.44. The molecule has 130 valence electrons. The number of carbonyl (C=O) groups is 1. The highest BCUT2D eigenvalue weighted by Gasteiger charge is 2.33. The summed E-state index contributed by atoms with van der Waals surface area (Å²) in [5.74, 6) is -0.484. The van der Waals surface area contributed by atoms with Gasteiger partial charge < -0.3 is 20.4 Å². The maximum Gasteiger partial charge on any atom is 0.258 e. The van der Waals surface area contributed by atoms with E-state index in [0.717, 1.165) is 11.3 Å². The van der Waals surface area contributed by atoms with Crippen molar-refractivity contribution in [2.45, 2.75) is 12.7 Å². The molecule has 1 atom stereocenters. The van der Waals surface area contributed by atoms with Crippen LogP contribution in [-0.4, -0.2) is 21.0 Å². The van der Waals surface area contributed by atoms with Crippen molar-refractivity contribution in [1.82, 2.24) is 4.90 Å². The third-order valence-electron chi connectivity index (χ3n) is 4.53.